The predicted molar refractivity (Wildman–Crippen MR) is 102 cm³/mol. The molecule has 6 nitrogen and oxygen atoms in total. The number of amides is 2. The predicted octanol–water partition coefficient (Wildman–Crippen LogP) is 3.63. The molecule has 0 unspecified atom stereocenters. The first kappa shape index (κ1) is 17.6. The van der Waals surface area contributed by atoms with Gasteiger partial charge in [0.25, 0.3) is 11.8 Å². The summed E-state index contributed by atoms with van der Waals surface area (Å²) < 4.78 is 5.29. The van der Waals surface area contributed by atoms with Crippen LogP contribution >= 0.6 is 22.7 Å². The van der Waals surface area contributed by atoms with Gasteiger partial charge in [-0.1, -0.05) is 18.2 Å². The third kappa shape index (κ3) is 3.17. The summed E-state index contributed by atoms with van der Waals surface area (Å²) >= 11 is 2.83. The maximum atomic E-state index is 12.4. The van der Waals surface area contributed by atoms with Crippen molar-refractivity contribution in [3.63, 3.8) is 0 Å². The normalized spacial score (nSPS) is 13.1. The lowest BCUT2D eigenvalue weighted by Gasteiger charge is -2.13. The second-order valence-corrected chi connectivity index (χ2v) is 7.80. The van der Waals surface area contributed by atoms with Crippen molar-refractivity contribution >= 4 is 40.5 Å². The van der Waals surface area contributed by atoms with E-state index in [4.69, 9.17) is 4.74 Å². The first-order valence-corrected chi connectivity index (χ1v) is 9.89. The zero-order valence-electron chi connectivity index (χ0n) is 14.3. The van der Waals surface area contributed by atoms with Crippen LogP contribution in [-0.2, 0) is 4.74 Å². The van der Waals surface area contributed by atoms with E-state index in [1.165, 1.54) is 11.3 Å². The highest BCUT2D eigenvalue weighted by molar-refractivity contribution is 7.22. The summed E-state index contributed by atoms with van der Waals surface area (Å²) in [6, 6.07) is 10.5. The van der Waals surface area contributed by atoms with E-state index in [1.54, 1.807) is 42.5 Å². The highest BCUT2D eigenvalue weighted by atomic mass is 32.1. The van der Waals surface area contributed by atoms with E-state index in [1.807, 2.05) is 17.5 Å². The van der Waals surface area contributed by atoms with Crippen LogP contribution in [0.3, 0.4) is 0 Å². The van der Waals surface area contributed by atoms with Crippen molar-refractivity contribution in [1.82, 2.24) is 9.88 Å². The molecule has 0 bridgehead atoms. The minimum Gasteiger partial charge on any atom is -0.460 e. The molecule has 0 N–H and O–H groups in total. The summed E-state index contributed by atoms with van der Waals surface area (Å²) in [5, 5.41) is 2.72. The van der Waals surface area contributed by atoms with Crippen molar-refractivity contribution < 1.29 is 19.1 Å². The van der Waals surface area contributed by atoms with Crippen LogP contribution in [0.4, 0.5) is 0 Å². The smallest absolute Gasteiger partial charge is 0.350 e. The summed E-state index contributed by atoms with van der Waals surface area (Å²) in [4.78, 5) is 43.9. The maximum absolute atomic E-state index is 12.4. The first-order valence-electron chi connectivity index (χ1n) is 8.20. The highest BCUT2D eigenvalue weighted by Crippen LogP contribution is 2.31. The van der Waals surface area contributed by atoms with E-state index < -0.39 is 5.97 Å². The van der Waals surface area contributed by atoms with Gasteiger partial charge in [0.15, 0.2) is 0 Å². The SMILES string of the molecule is Cc1nc(-c2cccs2)sc1C(=O)OCCN1C(=O)c2ccccc2C1=O. The number of thiazole rings is 1. The van der Waals surface area contributed by atoms with Crippen molar-refractivity contribution in [3.05, 3.63) is 63.5 Å². The average Bonchev–Trinajstić information content (AvgIpc) is 3.37. The third-order valence-corrected chi connectivity index (χ3v) is 6.32. The molecule has 2 aromatic heterocycles. The number of hydrogen-bond donors (Lipinski definition) is 0. The number of rotatable bonds is 5. The fraction of sp³-hybridized carbons (Fsp3) is 0.158. The van der Waals surface area contributed by atoms with Crippen LogP contribution in [0, 0.1) is 6.92 Å². The van der Waals surface area contributed by atoms with Gasteiger partial charge in [-0.25, -0.2) is 9.78 Å². The van der Waals surface area contributed by atoms with Gasteiger partial charge in [0, 0.05) is 0 Å². The molecule has 0 saturated heterocycles. The zero-order chi connectivity index (χ0) is 19.0. The first-order chi connectivity index (χ1) is 13.1. The van der Waals surface area contributed by atoms with Gasteiger partial charge < -0.3 is 4.74 Å². The molecule has 0 atom stereocenters. The number of imide groups is 1. The van der Waals surface area contributed by atoms with Crippen molar-refractivity contribution in [2.24, 2.45) is 0 Å². The number of aromatic nitrogens is 1. The Balaban J connectivity index is 1.40. The number of carbonyl (C=O) groups is 3. The fourth-order valence-corrected chi connectivity index (χ4v) is 4.59. The molecule has 8 heteroatoms. The molecule has 1 aliphatic heterocycles. The van der Waals surface area contributed by atoms with Crippen molar-refractivity contribution in [3.8, 4) is 9.88 Å². The van der Waals surface area contributed by atoms with E-state index in [-0.39, 0.29) is 25.0 Å². The molecular formula is C19H14N2O4S2. The standard InChI is InChI=1S/C19H14N2O4S2/c1-11-15(27-16(20-11)14-7-4-10-26-14)19(24)25-9-8-21-17(22)12-5-2-3-6-13(12)18(21)23/h2-7,10H,8-9H2,1H3. The minimum absolute atomic E-state index is 0.0215. The monoisotopic (exact) mass is 398 g/mol. The largest absolute Gasteiger partial charge is 0.460 e. The molecule has 2 amide bonds. The molecule has 3 heterocycles. The molecule has 1 aliphatic rings. The van der Waals surface area contributed by atoms with Crippen molar-refractivity contribution in [1.29, 1.82) is 0 Å². The molecule has 0 spiro atoms. The number of ether oxygens (including phenoxy) is 1. The molecular weight excluding hydrogens is 384 g/mol. The number of fused-ring (bicyclic) bond motifs is 1. The van der Waals surface area contributed by atoms with Crippen molar-refractivity contribution in [2.45, 2.75) is 6.92 Å². The summed E-state index contributed by atoms with van der Waals surface area (Å²) in [7, 11) is 0. The molecule has 27 heavy (non-hydrogen) atoms. The number of aryl methyl sites for hydroxylation is 1. The number of hydrogen-bond acceptors (Lipinski definition) is 7. The molecule has 0 radical (unpaired) electrons. The highest BCUT2D eigenvalue weighted by Gasteiger charge is 2.34. The molecule has 0 fully saturated rings. The van der Waals surface area contributed by atoms with Crippen LogP contribution in [0.2, 0.25) is 0 Å². The number of esters is 1. The van der Waals surface area contributed by atoms with Crippen LogP contribution in [0.1, 0.15) is 36.1 Å². The Hall–Kier alpha value is -2.84. The Morgan fingerprint density at radius 3 is 2.44 bits per heavy atom. The van der Waals surface area contributed by atoms with E-state index in [2.05, 4.69) is 4.98 Å². The van der Waals surface area contributed by atoms with Crippen LogP contribution in [0.25, 0.3) is 9.88 Å². The Bertz CT molecular complexity index is 1000. The van der Waals surface area contributed by atoms with Gasteiger partial charge in [-0.05, 0) is 30.5 Å². The Kier molecular flexibility index (Phi) is 4.59. The lowest BCUT2D eigenvalue weighted by molar-refractivity contribution is 0.0423. The van der Waals surface area contributed by atoms with Gasteiger partial charge in [-0.15, -0.1) is 22.7 Å². The molecule has 1 aromatic carbocycles. The quantitative estimate of drug-likeness (QED) is 0.484. The number of carbonyl (C=O) groups excluding carboxylic acids is 3. The molecule has 0 saturated carbocycles. The third-order valence-electron chi connectivity index (χ3n) is 4.14. The summed E-state index contributed by atoms with van der Waals surface area (Å²) in [5.41, 5.74) is 1.37. The van der Waals surface area contributed by atoms with Crippen LogP contribution in [0.5, 0.6) is 0 Å². The summed E-state index contributed by atoms with van der Waals surface area (Å²) in [5.74, 6) is -1.22. The van der Waals surface area contributed by atoms with Crippen molar-refractivity contribution in [2.75, 3.05) is 13.2 Å². The average molecular weight is 398 g/mol. The van der Waals surface area contributed by atoms with Crippen LogP contribution in [-0.4, -0.2) is 40.8 Å². The second kappa shape index (κ2) is 7.05. The second-order valence-electron chi connectivity index (χ2n) is 5.85. The van der Waals surface area contributed by atoms with Gasteiger partial charge in [0.2, 0.25) is 0 Å². The van der Waals surface area contributed by atoms with E-state index >= 15 is 0 Å². The van der Waals surface area contributed by atoms with Gasteiger partial charge in [-0.2, -0.15) is 0 Å². The number of benzene rings is 1. The van der Waals surface area contributed by atoms with E-state index in [9.17, 15) is 14.4 Å². The fourth-order valence-electron chi connectivity index (χ4n) is 2.83. The topological polar surface area (TPSA) is 76.6 Å². The Labute approximate surface area is 163 Å². The van der Waals surface area contributed by atoms with Crippen LogP contribution < -0.4 is 0 Å². The number of nitrogens with zero attached hydrogens (tertiary/aromatic N) is 2. The van der Waals surface area contributed by atoms with E-state index in [0.717, 1.165) is 14.8 Å². The Morgan fingerprint density at radius 1 is 1.11 bits per heavy atom. The molecule has 4 rings (SSSR count). The van der Waals surface area contributed by atoms with Crippen LogP contribution in [0.15, 0.2) is 41.8 Å². The molecule has 0 aliphatic carbocycles. The summed E-state index contributed by atoms with van der Waals surface area (Å²) in [6.45, 7) is 1.72. The Morgan fingerprint density at radius 2 is 1.81 bits per heavy atom. The lowest BCUT2D eigenvalue weighted by atomic mass is 10.1. The zero-order valence-corrected chi connectivity index (χ0v) is 15.9. The molecule has 3 aromatic rings. The van der Waals surface area contributed by atoms with Gasteiger partial charge >= 0.3 is 5.97 Å². The lowest BCUT2D eigenvalue weighted by Crippen LogP contribution is -2.33. The minimum atomic E-state index is -0.496. The van der Waals surface area contributed by atoms with Gasteiger partial charge in [0.1, 0.15) is 16.5 Å². The number of thiophene rings is 1. The maximum Gasteiger partial charge on any atom is 0.350 e. The molecule has 136 valence electrons. The summed E-state index contributed by atoms with van der Waals surface area (Å²) in [6.07, 6.45) is 0. The van der Waals surface area contributed by atoms with Gasteiger partial charge in [0.05, 0.1) is 28.2 Å². The van der Waals surface area contributed by atoms with Gasteiger partial charge in [-0.3, -0.25) is 14.5 Å². The van der Waals surface area contributed by atoms with E-state index in [0.29, 0.717) is 21.7 Å².